The van der Waals surface area contributed by atoms with Crippen LogP contribution in [-0.2, 0) is 14.6 Å². The molecule has 0 aliphatic carbocycles. The Morgan fingerprint density at radius 1 is 1.41 bits per heavy atom. The first kappa shape index (κ1) is 15.5. The topological polar surface area (TPSA) is 81.6 Å². The molecule has 122 valence electrons. The Labute approximate surface area is 130 Å². The highest BCUT2D eigenvalue weighted by atomic mass is 32.2. The number of rotatable bonds is 5. The summed E-state index contributed by atoms with van der Waals surface area (Å²) in [7, 11) is -1.54. The minimum atomic E-state index is -3.08. The van der Waals surface area contributed by atoms with Crippen molar-refractivity contribution < 1.29 is 17.9 Å². The summed E-state index contributed by atoms with van der Waals surface area (Å²) in [5.74, 6) is 1.50. The van der Waals surface area contributed by atoms with Crippen molar-refractivity contribution in [3.05, 3.63) is 12.4 Å². The smallest absolute Gasteiger partial charge is 0.218 e. The fraction of sp³-hybridized carbons (Fsp3) is 0.714. The minimum Gasteiger partial charge on any atom is -0.481 e. The molecule has 1 spiro atoms. The molecule has 2 saturated heterocycles. The van der Waals surface area contributed by atoms with Crippen LogP contribution in [0.5, 0.6) is 5.88 Å². The molecular weight excluding hydrogens is 306 g/mol. The maximum atomic E-state index is 12.5. The van der Waals surface area contributed by atoms with E-state index >= 15 is 0 Å². The van der Waals surface area contributed by atoms with Crippen LogP contribution in [0.2, 0.25) is 0 Å². The van der Waals surface area contributed by atoms with Crippen LogP contribution in [0.3, 0.4) is 0 Å². The maximum Gasteiger partial charge on any atom is 0.218 e. The van der Waals surface area contributed by atoms with Crippen LogP contribution in [0.15, 0.2) is 12.4 Å². The molecule has 2 fully saturated rings. The second-order valence-corrected chi connectivity index (χ2v) is 8.25. The van der Waals surface area contributed by atoms with Gasteiger partial charge in [0.1, 0.15) is 16.9 Å². The monoisotopic (exact) mass is 327 g/mol. The van der Waals surface area contributed by atoms with Crippen molar-refractivity contribution in [2.45, 2.75) is 18.1 Å². The first-order valence-corrected chi connectivity index (χ1v) is 9.08. The number of hydrogen-bond acceptors (Lipinski definition) is 7. The zero-order chi connectivity index (χ0) is 15.8. The van der Waals surface area contributed by atoms with Crippen LogP contribution in [0.4, 0.5) is 5.82 Å². The first-order valence-electron chi connectivity index (χ1n) is 7.43. The van der Waals surface area contributed by atoms with E-state index in [9.17, 15) is 8.42 Å². The minimum absolute atomic E-state index is 0.0671. The standard InChI is InChI=1S/C14H21N3O4S/c1-3-21-7-11-4-5-22(18,19)14(11)8-17(9-14)12-6-13(20-2)16-10-15-12/h6,10-11H,3-5,7-9H2,1-2H3/t11-/m1/s1. The molecular formula is C14H21N3O4S. The van der Waals surface area contributed by atoms with Gasteiger partial charge in [0, 0.05) is 31.7 Å². The lowest BCUT2D eigenvalue weighted by Gasteiger charge is -2.50. The van der Waals surface area contributed by atoms with Crippen LogP contribution in [0, 0.1) is 5.92 Å². The fourth-order valence-electron chi connectivity index (χ4n) is 3.34. The fourth-order valence-corrected chi connectivity index (χ4v) is 5.74. The molecule has 8 heteroatoms. The highest BCUT2D eigenvalue weighted by molar-refractivity contribution is 7.93. The average Bonchev–Trinajstić information content (AvgIpc) is 2.74. The first-order chi connectivity index (χ1) is 10.5. The summed E-state index contributed by atoms with van der Waals surface area (Å²) >= 11 is 0. The van der Waals surface area contributed by atoms with E-state index in [1.807, 2.05) is 11.8 Å². The number of nitrogens with zero attached hydrogens (tertiary/aromatic N) is 3. The number of methoxy groups -OCH3 is 1. The summed E-state index contributed by atoms with van der Waals surface area (Å²) in [5, 5.41) is 0. The molecule has 0 unspecified atom stereocenters. The molecule has 0 amide bonds. The highest BCUT2D eigenvalue weighted by Gasteiger charge is 2.61. The predicted molar refractivity (Wildman–Crippen MR) is 81.9 cm³/mol. The van der Waals surface area contributed by atoms with Crippen molar-refractivity contribution in [1.29, 1.82) is 0 Å². The molecule has 22 heavy (non-hydrogen) atoms. The van der Waals surface area contributed by atoms with Gasteiger partial charge in [0.05, 0.1) is 19.5 Å². The van der Waals surface area contributed by atoms with Crippen molar-refractivity contribution in [2.75, 3.05) is 44.1 Å². The third-order valence-corrected chi connectivity index (χ3v) is 7.30. The van der Waals surface area contributed by atoms with Gasteiger partial charge in [0.25, 0.3) is 0 Å². The van der Waals surface area contributed by atoms with Gasteiger partial charge in [0.15, 0.2) is 9.84 Å². The van der Waals surface area contributed by atoms with E-state index in [0.717, 1.165) is 0 Å². The van der Waals surface area contributed by atoms with E-state index in [0.29, 0.717) is 44.4 Å². The van der Waals surface area contributed by atoms with Crippen molar-refractivity contribution in [2.24, 2.45) is 5.92 Å². The van der Waals surface area contributed by atoms with Crippen molar-refractivity contribution >= 4 is 15.7 Å². The SMILES string of the molecule is CCOC[C@H]1CCS(=O)(=O)C12CN(c1cc(OC)ncn1)C2. The number of aromatic nitrogens is 2. The van der Waals surface area contributed by atoms with E-state index < -0.39 is 14.6 Å². The van der Waals surface area contributed by atoms with Gasteiger partial charge >= 0.3 is 0 Å². The lowest BCUT2D eigenvalue weighted by atomic mass is 9.83. The van der Waals surface area contributed by atoms with Crippen LogP contribution in [0.25, 0.3) is 0 Å². The Hall–Kier alpha value is -1.41. The number of hydrogen-bond donors (Lipinski definition) is 0. The number of anilines is 1. The van der Waals surface area contributed by atoms with Crippen molar-refractivity contribution in [3.8, 4) is 5.88 Å². The van der Waals surface area contributed by atoms with E-state index in [1.54, 1.807) is 13.2 Å². The normalized spacial score (nSPS) is 25.2. The van der Waals surface area contributed by atoms with Crippen LogP contribution >= 0.6 is 0 Å². The van der Waals surface area contributed by atoms with Crippen LogP contribution in [-0.4, -0.2) is 62.3 Å². The summed E-state index contributed by atoms with van der Waals surface area (Å²) in [6.45, 7) is 3.98. The second-order valence-electron chi connectivity index (χ2n) is 5.80. The second kappa shape index (κ2) is 5.66. The molecule has 1 aromatic rings. The van der Waals surface area contributed by atoms with Crippen LogP contribution in [0.1, 0.15) is 13.3 Å². The largest absolute Gasteiger partial charge is 0.481 e. The maximum absolute atomic E-state index is 12.5. The van der Waals surface area contributed by atoms with E-state index in [-0.39, 0.29) is 11.7 Å². The van der Waals surface area contributed by atoms with Gasteiger partial charge < -0.3 is 14.4 Å². The third-order valence-electron chi connectivity index (χ3n) is 4.70. The summed E-state index contributed by atoms with van der Waals surface area (Å²) in [5.41, 5.74) is 0. The van der Waals surface area contributed by atoms with E-state index in [2.05, 4.69) is 9.97 Å². The molecule has 0 bridgehead atoms. The van der Waals surface area contributed by atoms with Crippen molar-refractivity contribution in [1.82, 2.24) is 9.97 Å². The summed E-state index contributed by atoms with van der Waals surface area (Å²) in [4.78, 5) is 10.1. The molecule has 3 heterocycles. The van der Waals surface area contributed by atoms with Crippen LogP contribution < -0.4 is 9.64 Å². The van der Waals surface area contributed by atoms with Gasteiger partial charge in [-0.15, -0.1) is 0 Å². The molecule has 1 aromatic heterocycles. The lowest BCUT2D eigenvalue weighted by molar-refractivity contribution is 0.0889. The van der Waals surface area contributed by atoms with Gasteiger partial charge in [-0.1, -0.05) is 0 Å². The van der Waals surface area contributed by atoms with E-state index in [4.69, 9.17) is 9.47 Å². The molecule has 0 aromatic carbocycles. The van der Waals surface area contributed by atoms with Gasteiger partial charge in [-0.05, 0) is 13.3 Å². The molecule has 2 aliphatic heterocycles. The molecule has 0 radical (unpaired) electrons. The number of ether oxygens (including phenoxy) is 2. The molecule has 0 saturated carbocycles. The predicted octanol–water partition coefficient (Wildman–Crippen LogP) is 0.515. The Morgan fingerprint density at radius 3 is 2.86 bits per heavy atom. The molecule has 2 aliphatic rings. The molecule has 7 nitrogen and oxygen atoms in total. The lowest BCUT2D eigenvalue weighted by Crippen LogP contribution is -2.68. The molecule has 0 N–H and O–H groups in total. The van der Waals surface area contributed by atoms with Crippen molar-refractivity contribution in [3.63, 3.8) is 0 Å². The average molecular weight is 327 g/mol. The Balaban J connectivity index is 1.78. The molecule has 1 atom stereocenters. The van der Waals surface area contributed by atoms with Gasteiger partial charge in [0.2, 0.25) is 5.88 Å². The Bertz CT molecular complexity index is 643. The van der Waals surface area contributed by atoms with Gasteiger partial charge in [-0.2, -0.15) is 0 Å². The highest BCUT2D eigenvalue weighted by Crippen LogP contribution is 2.46. The third kappa shape index (κ3) is 2.34. The quantitative estimate of drug-likeness (QED) is 0.779. The Morgan fingerprint density at radius 2 is 2.18 bits per heavy atom. The van der Waals surface area contributed by atoms with E-state index in [1.165, 1.54) is 6.33 Å². The molecule has 3 rings (SSSR count). The summed E-state index contributed by atoms with van der Waals surface area (Å²) in [6.07, 6.45) is 2.11. The Kier molecular flexibility index (Phi) is 3.98. The zero-order valence-electron chi connectivity index (χ0n) is 12.9. The summed E-state index contributed by atoms with van der Waals surface area (Å²) < 4.78 is 34.9. The zero-order valence-corrected chi connectivity index (χ0v) is 13.7. The number of sulfone groups is 1. The van der Waals surface area contributed by atoms with Gasteiger partial charge in [-0.3, -0.25) is 0 Å². The summed E-state index contributed by atoms with van der Waals surface area (Å²) in [6, 6.07) is 1.73. The van der Waals surface area contributed by atoms with Gasteiger partial charge in [-0.25, -0.2) is 18.4 Å².